The molecule has 2 atom stereocenters. The molecule has 0 saturated carbocycles. The molecule has 0 spiro atoms. The van der Waals surface area contributed by atoms with E-state index >= 15 is 0 Å². The maximum absolute atomic E-state index is 13.3. The lowest BCUT2D eigenvalue weighted by Crippen LogP contribution is -2.45. The molecule has 2 heterocycles. The fourth-order valence-corrected chi connectivity index (χ4v) is 5.52. The Labute approximate surface area is 217 Å². The Morgan fingerprint density at radius 2 is 1.70 bits per heavy atom. The average molecular weight is 516 g/mol. The first-order chi connectivity index (χ1) is 17.6. The summed E-state index contributed by atoms with van der Waals surface area (Å²) in [6.07, 6.45) is 0.541. The minimum atomic E-state index is -4.58. The van der Waals surface area contributed by atoms with Crippen LogP contribution in [0.1, 0.15) is 63.5 Å². The number of piperidine rings is 2. The lowest BCUT2D eigenvalue weighted by atomic mass is 9.88. The van der Waals surface area contributed by atoms with Gasteiger partial charge in [-0.3, -0.25) is 4.90 Å². The van der Waals surface area contributed by atoms with Gasteiger partial charge in [0, 0.05) is 43.8 Å². The molecular weight excluding hydrogens is 479 g/mol. The molecule has 0 bridgehead atoms. The van der Waals surface area contributed by atoms with Gasteiger partial charge in [-0.2, -0.15) is 13.2 Å². The van der Waals surface area contributed by atoms with Crippen LogP contribution in [-0.2, 0) is 12.7 Å². The van der Waals surface area contributed by atoms with Crippen molar-refractivity contribution in [3.05, 3.63) is 65.0 Å². The third-order valence-corrected chi connectivity index (χ3v) is 7.97. The van der Waals surface area contributed by atoms with Crippen molar-refractivity contribution in [2.24, 2.45) is 0 Å². The van der Waals surface area contributed by atoms with Gasteiger partial charge in [0.2, 0.25) is 0 Å². The standard InChI is InChI=1S/C29H36F3N3O2/c1-21-5-4-6-22(2)35(21)20-23-7-10-25(11-8-23)37-18-15-28(36)13-16-34(17-14-28)24-9-12-27(33-3)26(19-24)29(30,31)32/h7-12,19,21-22,36H,4-6,13-18,20H2,1-2H3/t21-,22+. The molecule has 8 heteroatoms. The summed E-state index contributed by atoms with van der Waals surface area (Å²) in [5.74, 6) is 0.768. The van der Waals surface area contributed by atoms with Gasteiger partial charge in [-0.1, -0.05) is 24.6 Å². The number of likely N-dealkylation sites (tertiary alicyclic amines) is 1. The molecule has 2 saturated heterocycles. The Balaban J connectivity index is 1.26. The van der Waals surface area contributed by atoms with Crippen molar-refractivity contribution in [1.29, 1.82) is 0 Å². The number of nitrogens with zero attached hydrogens (tertiary/aromatic N) is 3. The highest BCUT2D eigenvalue weighted by Gasteiger charge is 2.36. The third kappa shape index (κ3) is 6.77. The van der Waals surface area contributed by atoms with Gasteiger partial charge in [0.1, 0.15) is 5.75 Å². The molecule has 2 fully saturated rings. The van der Waals surface area contributed by atoms with Crippen molar-refractivity contribution < 1.29 is 23.0 Å². The van der Waals surface area contributed by atoms with E-state index in [0.717, 1.165) is 18.4 Å². The quantitative estimate of drug-likeness (QED) is 0.411. The Morgan fingerprint density at radius 3 is 2.30 bits per heavy atom. The van der Waals surface area contributed by atoms with E-state index in [9.17, 15) is 18.3 Å². The maximum Gasteiger partial charge on any atom is 0.407 e. The van der Waals surface area contributed by atoms with Crippen LogP contribution in [0, 0.1) is 6.57 Å². The topological polar surface area (TPSA) is 40.3 Å². The highest BCUT2D eigenvalue weighted by molar-refractivity contribution is 5.62. The Hall–Kier alpha value is -2.76. The maximum atomic E-state index is 13.3. The second-order valence-corrected chi connectivity index (χ2v) is 10.6. The van der Waals surface area contributed by atoms with Gasteiger partial charge in [0.15, 0.2) is 5.69 Å². The number of alkyl halides is 3. The summed E-state index contributed by atoms with van der Waals surface area (Å²) in [4.78, 5) is 7.39. The van der Waals surface area contributed by atoms with Crippen LogP contribution in [0.15, 0.2) is 42.5 Å². The summed E-state index contributed by atoms with van der Waals surface area (Å²) in [7, 11) is 0. The predicted octanol–water partition coefficient (Wildman–Crippen LogP) is 6.82. The molecule has 2 aromatic rings. The molecule has 2 aliphatic heterocycles. The van der Waals surface area contributed by atoms with Crippen LogP contribution in [-0.4, -0.2) is 47.4 Å². The smallest absolute Gasteiger partial charge is 0.407 e. The summed E-state index contributed by atoms with van der Waals surface area (Å²) in [5, 5.41) is 11.0. The summed E-state index contributed by atoms with van der Waals surface area (Å²) < 4.78 is 45.9. The molecule has 0 radical (unpaired) electrons. The van der Waals surface area contributed by atoms with Crippen molar-refractivity contribution in [2.75, 3.05) is 24.6 Å². The molecule has 37 heavy (non-hydrogen) atoms. The molecule has 2 aromatic carbocycles. The van der Waals surface area contributed by atoms with Crippen LogP contribution in [0.4, 0.5) is 24.5 Å². The normalized spacial score (nSPS) is 22.5. The van der Waals surface area contributed by atoms with Gasteiger partial charge >= 0.3 is 6.18 Å². The number of aliphatic hydroxyl groups is 1. The third-order valence-electron chi connectivity index (χ3n) is 7.97. The lowest BCUT2D eigenvalue weighted by molar-refractivity contribution is -0.136. The zero-order chi connectivity index (χ0) is 26.6. The van der Waals surface area contributed by atoms with E-state index in [2.05, 4.69) is 35.7 Å². The van der Waals surface area contributed by atoms with Crippen molar-refractivity contribution in [2.45, 2.75) is 82.8 Å². The highest BCUT2D eigenvalue weighted by Crippen LogP contribution is 2.39. The zero-order valence-corrected chi connectivity index (χ0v) is 21.6. The molecule has 4 rings (SSSR count). The van der Waals surface area contributed by atoms with Gasteiger partial charge < -0.3 is 14.7 Å². The van der Waals surface area contributed by atoms with Gasteiger partial charge in [0.05, 0.1) is 24.3 Å². The summed E-state index contributed by atoms with van der Waals surface area (Å²) in [6.45, 7) is 13.8. The second-order valence-electron chi connectivity index (χ2n) is 10.6. The van der Waals surface area contributed by atoms with E-state index in [-0.39, 0.29) is 0 Å². The molecule has 0 unspecified atom stereocenters. The first-order valence-electron chi connectivity index (χ1n) is 13.1. The fraction of sp³-hybridized carbons (Fsp3) is 0.552. The van der Waals surface area contributed by atoms with Crippen LogP contribution < -0.4 is 9.64 Å². The first kappa shape index (κ1) is 27.3. The van der Waals surface area contributed by atoms with E-state index in [0.29, 0.717) is 56.7 Å². The van der Waals surface area contributed by atoms with Crippen LogP contribution in [0.5, 0.6) is 5.75 Å². The fourth-order valence-electron chi connectivity index (χ4n) is 5.52. The van der Waals surface area contributed by atoms with E-state index < -0.39 is 23.0 Å². The van der Waals surface area contributed by atoms with Gasteiger partial charge in [0.25, 0.3) is 0 Å². The second kappa shape index (κ2) is 11.3. The van der Waals surface area contributed by atoms with Crippen molar-refractivity contribution in [1.82, 2.24) is 4.90 Å². The molecule has 0 aromatic heterocycles. The monoisotopic (exact) mass is 515 g/mol. The first-order valence-corrected chi connectivity index (χ1v) is 13.1. The molecule has 5 nitrogen and oxygen atoms in total. The van der Waals surface area contributed by atoms with E-state index in [4.69, 9.17) is 11.3 Å². The number of hydrogen-bond acceptors (Lipinski definition) is 4. The van der Waals surface area contributed by atoms with Gasteiger partial charge in [-0.15, -0.1) is 0 Å². The molecule has 0 aliphatic carbocycles. The van der Waals surface area contributed by atoms with Gasteiger partial charge in [-0.05, 0) is 69.4 Å². The summed E-state index contributed by atoms with van der Waals surface area (Å²) in [6, 6.07) is 13.2. The molecule has 0 amide bonds. The largest absolute Gasteiger partial charge is 0.493 e. The van der Waals surface area contributed by atoms with Crippen molar-refractivity contribution >= 4 is 11.4 Å². The molecular formula is C29H36F3N3O2. The number of ether oxygens (including phenoxy) is 1. The Bertz CT molecular complexity index is 1080. The van der Waals surface area contributed by atoms with E-state index in [1.165, 1.54) is 30.9 Å². The average Bonchev–Trinajstić information content (AvgIpc) is 2.87. The SMILES string of the molecule is [C-]#[N+]c1ccc(N2CCC(O)(CCOc3ccc(CN4[C@H](C)CCC[C@@H]4C)cc3)CC2)cc1C(F)(F)F. The number of hydrogen-bond donors (Lipinski definition) is 1. The summed E-state index contributed by atoms with van der Waals surface area (Å²) >= 11 is 0. The number of halogens is 3. The number of rotatable bonds is 7. The van der Waals surface area contributed by atoms with Crippen LogP contribution >= 0.6 is 0 Å². The number of benzene rings is 2. The van der Waals surface area contributed by atoms with Crippen LogP contribution in [0.2, 0.25) is 0 Å². The van der Waals surface area contributed by atoms with E-state index in [1.807, 2.05) is 17.0 Å². The summed E-state index contributed by atoms with van der Waals surface area (Å²) in [5.41, 5.74) is -0.547. The Kier molecular flexibility index (Phi) is 8.35. The zero-order valence-electron chi connectivity index (χ0n) is 21.6. The van der Waals surface area contributed by atoms with Crippen LogP contribution in [0.3, 0.4) is 0 Å². The van der Waals surface area contributed by atoms with Crippen molar-refractivity contribution in [3.8, 4) is 5.75 Å². The minimum Gasteiger partial charge on any atom is -0.493 e. The minimum absolute atomic E-state index is 0.369. The number of anilines is 1. The molecule has 2 aliphatic rings. The molecule has 1 N–H and O–H groups in total. The van der Waals surface area contributed by atoms with Crippen molar-refractivity contribution in [3.63, 3.8) is 0 Å². The van der Waals surface area contributed by atoms with Gasteiger partial charge in [-0.25, -0.2) is 4.85 Å². The van der Waals surface area contributed by atoms with E-state index in [1.54, 1.807) is 6.07 Å². The predicted molar refractivity (Wildman–Crippen MR) is 139 cm³/mol. The lowest BCUT2D eigenvalue weighted by Gasteiger charge is -2.39. The Morgan fingerprint density at radius 1 is 1.05 bits per heavy atom. The van der Waals surface area contributed by atoms with Crippen LogP contribution in [0.25, 0.3) is 4.85 Å². The molecule has 200 valence electrons. The highest BCUT2D eigenvalue weighted by atomic mass is 19.4.